The van der Waals surface area contributed by atoms with Gasteiger partial charge in [0.15, 0.2) is 12.4 Å². The van der Waals surface area contributed by atoms with Crippen LogP contribution in [0.15, 0.2) is 28.3 Å². The van der Waals surface area contributed by atoms with Crippen molar-refractivity contribution in [3.05, 3.63) is 23.8 Å². The molecule has 4 aliphatic carbocycles. The molecule has 0 aromatic heterocycles. The van der Waals surface area contributed by atoms with Gasteiger partial charge in [-0.05, 0) is 59.1 Å². The van der Waals surface area contributed by atoms with Gasteiger partial charge in [0, 0.05) is 23.2 Å². The van der Waals surface area contributed by atoms with Gasteiger partial charge in [0.2, 0.25) is 5.78 Å². The lowest BCUT2D eigenvalue weighted by atomic mass is 9.46. The number of allylic oxidation sites excluding steroid dienone is 4. The van der Waals surface area contributed by atoms with Crippen molar-refractivity contribution in [3.8, 4) is 0 Å². The van der Waals surface area contributed by atoms with Gasteiger partial charge in [-0.1, -0.05) is 25.5 Å². The second-order valence-electron chi connectivity index (χ2n) is 9.68. The summed E-state index contributed by atoms with van der Waals surface area (Å²) in [6.07, 6.45) is 6.38. The fraction of sp³-hybridized carbons (Fsp3) is 0.636. The lowest BCUT2D eigenvalue weighted by Crippen LogP contribution is -2.60. The Balaban J connectivity index is 1.58. The first-order chi connectivity index (χ1) is 15.1. The van der Waals surface area contributed by atoms with E-state index in [1.165, 1.54) is 0 Å². The highest BCUT2D eigenvalue weighted by Crippen LogP contribution is 2.66. The summed E-state index contributed by atoms with van der Waals surface area (Å²) in [5.41, 5.74) is -2.20. The predicted molar refractivity (Wildman–Crippen MR) is 118 cm³/mol. The van der Waals surface area contributed by atoms with E-state index in [9.17, 15) is 24.3 Å². The molecule has 172 valence electrons. The van der Waals surface area contributed by atoms with Crippen molar-refractivity contribution in [2.24, 2.45) is 33.1 Å². The lowest BCUT2D eigenvalue weighted by molar-refractivity contribution is -0.169. The Labute approximate surface area is 190 Å². The molecule has 1 N–H and O–H groups in total. The number of Topliss-reactive ketones (excluding diaryl/α,β-unsaturated/α-hetero) is 2. The molecule has 0 aliphatic heterocycles. The standard InChI is InChI=1S/C22H27NO7P2/c1-20-7-5-13(24)9-12(20)3-4-14-15-6-8-22(28,21(15,2)10-16(25)18(14)20)17(26)11-29-19(27)30-32-23-31/h5,7,9,14-15,18,28H,3-4,6,8,10-11,31H2,1-2H3/t14?,15?,18?,20-,21-,22-/m0/s1. The Kier molecular flexibility index (Phi) is 6.02. The monoisotopic (exact) mass is 479 g/mol. The number of nitrogens with zero attached hydrogens (tertiary/aromatic N) is 1. The van der Waals surface area contributed by atoms with Crippen LogP contribution in [0.3, 0.4) is 0 Å². The smallest absolute Gasteiger partial charge is 0.426 e. The lowest BCUT2D eigenvalue weighted by Gasteiger charge is -2.56. The molecule has 0 radical (unpaired) electrons. The van der Waals surface area contributed by atoms with Gasteiger partial charge in [0.25, 0.3) is 8.60 Å². The first-order valence-electron chi connectivity index (χ1n) is 10.7. The molecule has 4 aliphatic rings. The summed E-state index contributed by atoms with van der Waals surface area (Å²) in [7, 11) is 2.05. The van der Waals surface area contributed by atoms with Crippen LogP contribution in [0.2, 0.25) is 0 Å². The van der Waals surface area contributed by atoms with Crippen LogP contribution < -0.4 is 0 Å². The minimum atomic E-state index is -1.75. The Morgan fingerprint density at radius 1 is 1.31 bits per heavy atom. The Morgan fingerprint density at radius 2 is 2.06 bits per heavy atom. The second kappa shape index (κ2) is 8.23. The molecule has 0 aromatic rings. The molecule has 3 fully saturated rings. The number of aliphatic hydroxyl groups is 1. The van der Waals surface area contributed by atoms with Gasteiger partial charge >= 0.3 is 6.16 Å². The molecule has 32 heavy (non-hydrogen) atoms. The van der Waals surface area contributed by atoms with E-state index in [1.807, 2.05) is 29.3 Å². The van der Waals surface area contributed by atoms with E-state index in [0.717, 1.165) is 18.4 Å². The molecule has 8 nitrogen and oxygen atoms in total. The Bertz CT molecular complexity index is 975. The molecule has 4 rings (SSSR count). The topological polar surface area (TPSA) is 119 Å². The van der Waals surface area contributed by atoms with Crippen LogP contribution in [-0.4, -0.2) is 40.8 Å². The molecule has 4 unspecified atom stereocenters. The largest absolute Gasteiger partial charge is 0.518 e. The number of ketones is 3. The number of hydrogen-bond donors (Lipinski definition) is 1. The van der Waals surface area contributed by atoms with E-state index in [4.69, 9.17) is 4.74 Å². The molecular weight excluding hydrogens is 452 g/mol. The Morgan fingerprint density at radius 3 is 2.78 bits per heavy atom. The van der Waals surface area contributed by atoms with Gasteiger partial charge in [-0.3, -0.25) is 14.4 Å². The van der Waals surface area contributed by atoms with E-state index in [0.29, 0.717) is 6.42 Å². The number of ether oxygens (including phenoxy) is 1. The molecule has 0 aromatic carbocycles. The summed E-state index contributed by atoms with van der Waals surface area (Å²) in [6.45, 7) is 3.21. The molecule has 10 heteroatoms. The second-order valence-corrected chi connectivity index (χ2v) is 11.0. The minimum Gasteiger partial charge on any atom is -0.426 e. The predicted octanol–water partition coefficient (Wildman–Crippen LogP) is 3.76. The SMILES string of the molecule is C[C@]12C=CC(=O)C=C1CCC1C2C(=O)C[C@@]2(C)C1CC[C@]2(O)C(=O)COC(=O)OP=NP. The van der Waals surface area contributed by atoms with Crippen molar-refractivity contribution in [2.75, 3.05) is 6.61 Å². The fourth-order valence-corrected chi connectivity index (χ4v) is 7.13. The average Bonchev–Trinajstić information content (AvgIpc) is 3.02. The number of carbonyl (C=O) groups is 4. The summed E-state index contributed by atoms with van der Waals surface area (Å²) in [4.78, 5) is 50.0. The van der Waals surface area contributed by atoms with Crippen LogP contribution >= 0.6 is 18.0 Å². The van der Waals surface area contributed by atoms with E-state index < -0.39 is 35.0 Å². The van der Waals surface area contributed by atoms with Crippen LogP contribution in [0.4, 0.5) is 4.79 Å². The van der Waals surface area contributed by atoms with Crippen molar-refractivity contribution in [1.29, 1.82) is 0 Å². The molecule has 0 spiro atoms. The van der Waals surface area contributed by atoms with E-state index in [2.05, 4.69) is 9.04 Å². The quantitative estimate of drug-likeness (QED) is 0.482. The Hall–Kier alpha value is -1.75. The summed E-state index contributed by atoms with van der Waals surface area (Å²) < 4.78 is 13.0. The van der Waals surface area contributed by atoms with Gasteiger partial charge < -0.3 is 14.4 Å². The molecule has 0 bridgehead atoms. The summed E-state index contributed by atoms with van der Waals surface area (Å²) in [5.74, 6) is -0.940. The van der Waals surface area contributed by atoms with Crippen LogP contribution in [0, 0.1) is 28.6 Å². The van der Waals surface area contributed by atoms with Crippen molar-refractivity contribution >= 4 is 41.5 Å². The van der Waals surface area contributed by atoms with E-state index in [-0.39, 0.29) is 50.8 Å². The zero-order chi connectivity index (χ0) is 23.3. The maximum atomic E-state index is 13.5. The molecule has 0 saturated heterocycles. The van der Waals surface area contributed by atoms with E-state index in [1.54, 1.807) is 12.2 Å². The summed E-state index contributed by atoms with van der Waals surface area (Å²) >= 11 is 0. The number of rotatable bonds is 4. The van der Waals surface area contributed by atoms with Crippen LogP contribution in [0.25, 0.3) is 0 Å². The average molecular weight is 479 g/mol. The minimum absolute atomic E-state index is 0.00941. The third-order valence-corrected chi connectivity index (χ3v) is 8.96. The molecule has 3 saturated carbocycles. The summed E-state index contributed by atoms with van der Waals surface area (Å²) in [5, 5.41) is 11.5. The molecule has 0 amide bonds. The van der Waals surface area contributed by atoms with Gasteiger partial charge in [-0.25, -0.2) is 9.31 Å². The van der Waals surface area contributed by atoms with Crippen LogP contribution in [0.5, 0.6) is 0 Å². The normalized spacial score (nSPS) is 40.4. The van der Waals surface area contributed by atoms with E-state index >= 15 is 0 Å². The summed E-state index contributed by atoms with van der Waals surface area (Å²) in [6, 6.07) is 0. The third-order valence-electron chi connectivity index (χ3n) is 8.35. The van der Waals surface area contributed by atoms with Crippen molar-refractivity contribution in [3.63, 3.8) is 0 Å². The third kappa shape index (κ3) is 3.43. The fourth-order valence-electron chi connectivity index (χ4n) is 6.82. The molecule has 0 heterocycles. The first-order valence-corrected chi connectivity index (χ1v) is 12.0. The first kappa shape index (κ1) is 23.4. The number of carbonyl (C=O) groups excluding carboxylic acids is 4. The van der Waals surface area contributed by atoms with Gasteiger partial charge in [-0.2, -0.15) is 0 Å². The number of fused-ring (bicyclic) bond motifs is 5. The van der Waals surface area contributed by atoms with Gasteiger partial charge in [0.1, 0.15) is 11.4 Å². The zero-order valence-corrected chi connectivity index (χ0v) is 20.1. The highest BCUT2D eigenvalue weighted by molar-refractivity contribution is 7.31. The van der Waals surface area contributed by atoms with Crippen molar-refractivity contribution in [2.45, 2.75) is 51.6 Å². The molecule has 7 atom stereocenters. The maximum Gasteiger partial charge on any atom is 0.518 e. The van der Waals surface area contributed by atoms with Crippen molar-refractivity contribution in [1.82, 2.24) is 0 Å². The van der Waals surface area contributed by atoms with Crippen LogP contribution in [-0.2, 0) is 23.6 Å². The number of hydrogen-bond acceptors (Lipinski definition) is 8. The van der Waals surface area contributed by atoms with Gasteiger partial charge in [0.05, 0.1) is 0 Å². The molecular formula is C22H27NO7P2. The zero-order valence-electron chi connectivity index (χ0n) is 18.1. The maximum absolute atomic E-state index is 13.5. The van der Waals surface area contributed by atoms with Crippen molar-refractivity contribution < 1.29 is 33.5 Å². The van der Waals surface area contributed by atoms with Gasteiger partial charge in [-0.15, -0.1) is 0 Å². The highest BCUT2D eigenvalue weighted by atomic mass is 31.1. The van der Waals surface area contributed by atoms with Crippen LogP contribution in [0.1, 0.15) is 46.0 Å². The highest BCUT2D eigenvalue weighted by Gasteiger charge is 2.68.